The van der Waals surface area contributed by atoms with Crippen LogP contribution in [0.15, 0.2) is 24.3 Å². The third-order valence-electron chi connectivity index (χ3n) is 4.40. The molecule has 0 aliphatic carbocycles. The van der Waals surface area contributed by atoms with Crippen molar-refractivity contribution in [3.63, 3.8) is 0 Å². The summed E-state index contributed by atoms with van der Waals surface area (Å²) in [6.07, 6.45) is 4.08. The van der Waals surface area contributed by atoms with Crippen LogP contribution in [0.2, 0.25) is 0 Å². The number of rotatable bonds is 2. The van der Waals surface area contributed by atoms with Crippen molar-refractivity contribution in [2.75, 3.05) is 42.5 Å². The van der Waals surface area contributed by atoms with Crippen LogP contribution < -0.4 is 15.1 Å². The van der Waals surface area contributed by atoms with Crippen LogP contribution in [0.1, 0.15) is 26.2 Å². The monoisotopic (exact) mass is 259 g/mol. The maximum Gasteiger partial charge on any atom is 0.0386 e. The highest BCUT2D eigenvalue weighted by Crippen LogP contribution is 2.25. The molecule has 3 rings (SSSR count). The normalized spacial score (nSPS) is 24.6. The average Bonchev–Trinajstić information content (AvgIpc) is 2.49. The SMILES string of the molecule is CC1CNCCN1c1ccc(N2CCCCC2)cc1. The molecule has 2 heterocycles. The number of nitrogens with zero attached hydrogens (tertiary/aromatic N) is 2. The molecule has 2 aliphatic rings. The number of piperazine rings is 1. The molecule has 0 bridgehead atoms. The molecule has 1 aromatic carbocycles. The molecule has 3 nitrogen and oxygen atoms in total. The van der Waals surface area contributed by atoms with Crippen LogP contribution in [-0.4, -0.2) is 38.8 Å². The Balaban J connectivity index is 1.70. The highest BCUT2D eigenvalue weighted by atomic mass is 15.2. The van der Waals surface area contributed by atoms with E-state index in [1.807, 2.05) is 0 Å². The molecule has 104 valence electrons. The van der Waals surface area contributed by atoms with Gasteiger partial charge in [-0.25, -0.2) is 0 Å². The van der Waals surface area contributed by atoms with Crippen molar-refractivity contribution < 1.29 is 0 Å². The van der Waals surface area contributed by atoms with Gasteiger partial charge in [-0.1, -0.05) is 0 Å². The molecule has 1 aromatic rings. The Bertz CT molecular complexity index is 395. The first-order valence-electron chi connectivity index (χ1n) is 7.67. The smallest absolute Gasteiger partial charge is 0.0386 e. The van der Waals surface area contributed by atoms with Crippen molar-refractivity contribution in [3.8, 4) is 0 Å². The summed E-state index contributed by atoms with van der Waals surface area (Å²) in [6.45, 7) is 8.05. The van der Waals surface area contributed by atoms with E-state index >= 15 is 0 Å². The van der Waals surface area contributed by atoms with Gasteiger partial charge in [0.15, 0.2) is 0 Å². The van der Waals surface area contributed by atoms with E-state index in [1.54, 1.807) is 0 Å². The van der Waals surface area contributed by atoms with Gasteiger partial charge in [0.25, 0.3) is 0 Å². The third-order valence-corrected chi connectivity index (χ3v) is 4.40. The van der Waals surface area contributed by atoms with E-state index in [9.17, 15) is 0 Å². The highest BCUT2D eigenvalue weighted by molar-refractivity contribution is 5.57. The molecule has 1 unspecified atom stereocenters. The van der Waals surface area contributed by atoms with Gasteiger partial charge in [-0.15, -0.1) is 0 Å². The van der Waals surface area contributed by atoms with E-state index in [4.69, 9.17) is 0 Å². The molecule has 1 atom stereocenters. The fraction of sp³-hybridized carbons (Fsp3) is 0.625. The first-order valence-corrected chi connectivity index (χ1v) is 7.67. The topological polar surface area (TPSA) is 18.5 Å². The molecule has 2 aliphatic heterocycles. The van der Waals surface area contributed by atoms with E-state index in [2.05, 4.69) is 46.3 Å². The maximum atomic E-state index is 3.45. The first-order chi connectivity index (χ1) is 9.34. The number of piperidine rings is 1. The van der Waals surface area contributed by atoms with Crippen molar-refractivity contribution in [2.45, 2.75) is 32.2 Å². The lowest BCUT2D eigenvalue weighted by molar-refractivity contribution is 0.501. The van der Waals surface area contributed by atoms with E-state index < -0.39 is 0 Å². The lowest BCUT2D eigenvalue weighted by Crippen LogP contribution is -2.49. The van der Waals surface area contributed by atoms with Gasteiger partial charge in [0.1, 0.15) is 0 Å². The lowest BCUT2D eigenvalue weighted by atomic mass is 10.1. The quantitative estimate of drug-likeness (QED) is 0.880. The van der Waals surface area contributed by atoms with Crippen molar-refractivity contribution in [3.05, 3.63) is 24.3 Å². The van der Waals surface area contributed by atoms with Gasteiger partial charge >= 0.3 is 0 Å². The predicted octanol–water partition coefficient (Wildman–Crippen LogP) is 2.48. The van der Waals surface area contributed by atoms with Gasteiger partial charge in [-0.3, -0.25) is 0 Å². The fourth-order valence-electron chi connectivity index (χ4n) is 3.23. The minimum absolute atomic E-state index is 0.592. The summed E-state index contributed by atoms with van der Waals surface area (Å²) in [5, 5.41) is 3.45. The lowest BCUT2D eigenvalue weighted by Gasteiger charge is -2.36. The molecule has 0 aromatic heterocycles. The van der Waals surface area contributed by atoms with E-state index in [0.717, 1.165) is 19.6 Å². The number of anilines is 2. The standard InChI is InChI=1S/C16H25N3/c1-14-13-17-9-12-19(14)16-7-5-15(6-8-16)18-10-3-2-4-11-18/h5-8,14,17H,2-4,9-13H2,1H3. The minimum Gasteiger partial charge on any atom is -0.372 e. The Hall–Kier alpha value is -1.22. The Kier molecular flexibility index (Phi) is 3.92. The van der Waals surface area contributed by atoms with Crippen LogP contribution in [0.5, 0.6) is 0 Å². The molecule has 0 radical (unpaired) electrons. The fourth-order valence-corrected chi connectivity index (χ4v) is 3.23. The summed E-state index contributed by atoms with van der Waals surface area (Å²) in [7, 11) is 0. The third kappa shape index (κ3) is 2.86. The number of benzene rings is 1. The largest absolute Gasteiger partial charge is 0.372 e. The van der Waals surface area contributed by atoms with Crippen LogP contribution in [0.3, 0.4) is 0 Å². The minimum atomic E-state index is 0.592. The van der Waals surface area contributed by atoms with Gasteiger partial charge < -0.3 is 15.1 Å². The average molecular weight is 259 g/mol. The summed E-state index contributed by atoms with van der Waals surface area (Å²) < 4.78 is 0. The molecule has 19 heavy (non-hydrogen) atoms. The second-order valence-corrected chi connectivity index (χ2v) is 5.81. The maximum absolute atomic E-state index is 3.45. The second-order valence-electron chi connectivity index (χ2n) is 5.81. The summed E-state index contributed by atoms with van der Waals surface area (Å²) in [5.41, 5.74) is 2.76. The zero-order valence-electron chi connectivity index (χ0n) is 11.9. The Morgan fingerprint density at radius 3 is 2.32 bits per heavy atom. The Morgan fingerprint density at radius 2 is 1.63 bits per heavy atom. The molecule has 0 amide bonds. The summed E-state index contributed by atoms with van der Waals surface area (Å²) >= 11 is 0. The van der Waals surface area contributed by atoms with Gasteiger partial charge in [-0.2, -0.15) is 0 Å². The Labute approximate surface area is 116 Å². The molecule has 3 heteroatoms. The molecule has 0 saturated carbocycles. The highest BCUT2D eigenvalue weighted by Gasteiger charge is 2.18. The van der Waals surface area contributed by atoms with Gasteiger partial charge in [-0.05, 0) is 50.5 Å². The summed E-state index contributed by atoms with van der Waals surface area (Å²) in [4.78, 5) is 5.03. The molecular formula is C16H25N3. The van der Waals surface area contributed by atoms with Crippen molar-refractivity contribution in [1.29, 1.82) is 0 Å². The van der Waals surface area contributed by atoms with Crippen LogP contribution in [0.25, 0.3) is 0 Å². The van der Waals surface area contributed by atoms with Crippen molar-refractivity contribution in [1.82, 2.24) is 5.32 Å². The van der Waals surface area contributed by atoms with Crippen LogP contribution in [-0.2, 0) is 0 Å². The van der Waals surface area contributed by atoms with E-state index in [-0.39, 0.29) is 0 Å². The molecule has 2 saturated heterocycles. The van der Waals surface area contributed by atoms with Gasteiger partial charge in [0.2, 0.25) is 0 Å². The van der Waals surface area contributed by atoms with Crippen molar-refractivity contribution in [2.24, 2.45) is 0 Å². The molecule has 2 fully saturated rings. The first kappa shape index (κ1) is 12.8. The van der Waals surface area contributed by atoms with Crippen LogP contribution >= 0.6 is 0 Å². The number of hydrogen-bond acceptors (Lipinski definition) is 3. The summed E-state index contributed by atoms with van der Waals surface area (Å²) in [5.74, 6) is 0. The molecular weight excluding hydrogens is 234 g/mol. The number of nitrogens with one attached hydrogen (secondary N) is 1. The molecule has 0 spiro atoms. The second kappa shape index (κ2) is 5.83. The van der Waals surface area contributed by atoms with Crippen LogP contribution in [0, 0.1) is 0 Å². The van der Waals surface area contributed by atoms with E-state index in [1.165, 1.54) is 43.7 Å². The van der Waals surface area contributed by atoms with Gasteiger partial charge in [0, 0.05) is 50.1 Å². The zero-order valence-corrected chi connectivity index (χ0v) is 11.9. The zero-order chi connectivity index (χ0) is 13.1. The molecule has 1 N–H and O–H groups in total. The van der Waals surface area contributed by atoms with Gasteiger partial charge in [0.05, 0.1) is 0 Å². The van der Waals surface area contributed by atoms with Crippen molar-refractivity contribution >= 4 is 11.4 Å². The van der Waals surface area contributed by atoms with Crippen LogP contribution in [0.4, 0.5) is 11.4 Å². The number of hydrogen-bond donors (Lipinski definition) is 1. The Morgan fingerprint density at radius 1 is 0.947 bits per heavy atom. The summed E-state index contributed by atoms with van der Waals surface area (Å²) in [6, 6.07) is 9.79. The van der Waals surface area contributed by atoms with E-state index in [0.29, 0.717) is 6.04 Å². The predicted molar refractivity (Wildman–Crippen MR) is 82.2 cm³/mol.